The van der Waals surface area contributed by atoms with Crippen LogP contribution in [0.5, 0.6) is 0 Å². The molecule has 4 heteroatoms. The van der Waals surface area contributed by atoms with E-state index in [1.807, 2.05) is 6.92 Å². The topological polar surface area (TPSA) is 32.6 Å². The number of aliphatic imine (C=N–C) groups is 1. The summed E-state index contributed by atoms with van der Waals surface area (Å²) in [6.45, 7) is 9.32. The van der Waals surface area contributed by atoms with E-state index in [9.17, 15) is 5.11 Å². The Morgan fingerprint density at radius 3 is 2.27 bits per heavy atom. The van der Waals surface area contributed by atoms with Gasteiger partial charge in [-0.1, -0.05) is 19.6 Å². The van der Waals surface area contributed by atoms with Gasteiger partial charge >= 0.3 is 0 Å². The summed E-state index contributed by atoms with van der Waals surface area (Å²) < 4.78 is 0. The van der Waals surface area contributed by atoms with E-state index in [1.54, 1.807) is 0 Å². The van der Waals surface area contributed by atoms with Crippen molar-refractivity contribution in [2.45, 2.75) is 32.3 Å². The third kappa shape index (κ3) is 3.83. The highest BCUT2D eigenvalue weighted by Crippen LogP contribution is 2.07. The molecule has 66 valence electrons. The van der Waals surface area contributed by atoms with Gasteiger partial charge in [0.25, 0.3) is 0 Å². The van der Waals surface area contributed by atoms with Gasteiger partial charge in [-0.15, -0.1) is 0 Å². The van der Waals surface area contributed by atoms with E-state index in [2.05, 4.69) is 24.6 Å². The normalized spacial score (nSPS) is 17.0. The molecule has 0 aromatic heterocycles. The number of nitrogens with zero attached hydrogens (tertiary/aromatic N) is 1. The lowest BCUT2D eigenvalue weighted by Crippen LogP contribution is -2.44. The monoisotopic (exact) mass is 189 g/mol. The highest BCUT2D eigenvalue weighted by atomic mass is 28.3. The summed E-state index contributed by atoms with van der Waals surface area (Å²) in [5, 5.41) is 10.8. The second kappa shape index (κ2) is 4.18. The van der Waals surface area contributed by atoms with Crippen LogP contribution in [0, 0.1) is 0 Å². The number of hydrogen-bond acceptors (Lipinski definition) is 2. The zero-order valence-corrected chi connectivity index (χ0v) is 11.2. The maximum atomic E-state index is 9.75. The van der Waals surface area contributed by atoms with Crippen LogP contribution in [-0.2, 0) is 0 Å². The molecule has 0 amide bonds. The fourth-order valence-corrected chi connectivity index (χ4v) is 5.22. The molecule has 0 rings (SSSR count). The van der Waals surface area contributed by atoms with E-state index < -0.39 is 8.07 Å². The van der Waals surface area contributed by atoms with Gasteiger partial charge in [0.05, 0.1) is 24.0 Å². The molecule has 0 saturated carbocycles. The highest BCUT2D eigenvalue weighted by molar-refractivity contribution is 6.85. The van der Waals surface area contributed by atoms with E-state index in [4.69, 9.17) is 0 Å². The van der Waals surface area contributed by atoms with Crippen molar-refractivity contribution in [3.8, 4) is 0 Å². The maximum absolute atomic E-state index is 9.75. The summed E-state index contributed by atoms with van der Waals surface area (Å²) in [5.74, 6) is 0. The Labute approximate surface area is 73.2 Å². The summed E-state index contributed by atoms with van der Waals surface area (Å²) in [6.07, 6.45) is 0. The average Bonchev–Trinajstić information content (AvgIpc) is 1.85. The minimum Gasteiger partial charge on any atom is -0.391 e. The molecule has 1 N–H and O–H groups in total. The van der Waals surface area contributed by atoms with Gasteiger partial charge in [-0.3, -0.25) is 4.99 Å². The SMILES string of the molecule is CCN=C([SiH3])C(O)[Si](C)(C)C. The van der Waals surface area contributed by atoms with Gasteiger partial charge in [0.15, 0.2) is 0 Å². The molecule has 0 radical (unpaired) electrons. The van der Waals surface area contributed by atoms with E-state index >= 15 is 0 Å². The van der Waals surface area contributed by atoms with E-state index in [0.29, 0.717) is 0 Å². The Bertz CT molecular complexity index is 151. The first kappa shape index (κ1) is 11.1. The lowest BCUT2D eigenvalue weighted by molar-refractivity contribution is 0.310. The predicted molar refractivity (Wildman–Crippen MR) is 57.3 cm³/mol. The molecule has 0 saturated heterocycles. The summed E-state index contributed by atoms with van der Waals surface area (Å²) >= 11 is 0. The van der Waals surface area contributed by atoms with Crippen molar-refractivity contribution in [2.75, 3.05) is 6.54 Å². The van der Waals surface area contributed by atoms with Gasteiger partial charge in [-0.2, -0.15) is 0 Å². The Balaban J connectivity index is 4.25. The second-order valence-electron chi connectivity index (χ2n) is 3.88. The van der Waals surface area contributed by atoms with Crippen molar-refractivity contribution in [2.24, 2.45) is 4.99 Å². The molecule has 0 heterocycles. The predicted octanol–water partition coefficient (Wildman–Crippen LogP) is 0.00850. The van der Waals surface area contributed by atoms with E-state index in [0.717, 1.165) is 22.1 Å². The number of rotatable bonds is 3. The number of aliphatic hydroxyl groups is 1. The first-order valence-electron chi connectivity index (χ1n) is 4.08. The van der Waals surface area contributed by atoms with Gasteiger partial charge < -0.3 is 5.11 Å². The minimum absolute atomic E-state index is 0.214. The second-order valence-corrected chi connectivity index (χ2v) is 10.2. The van der Waals surface area contributed by atoms with Crippen molar-refractivity contribution < 1.29 is 5.11 Å². The van der Waals surface area contributed by atoms with Crippen molar-refractivity contribution in [3.05, 3.63) is 0 Å². The molecule has 2 nitrogen and oxygen atoms in total. The minimum atomic E-state index is -1.40. The molecule has 1 atom stereocenters. The summed E-state index contributed by atoms with van der Waals surface area (Å²) in [6, 6.07) is 0. The molecular weight excluding hydrogens is 170 g/mol. The van der Waals surface area contributed by atoms with Gasteiger partial charge in [0.1, 0.15) is 0 Å². The summed E-state index contributed by atoms with van der Waals surface area (Å²) in [5.41, 5.74) is -0.214. The molecular formula is C7H19NOSi2. The van der Waals surface area contributed by atoms with Crippen LogP contribution in [0.1, 0.15) is 6.92 Å². The Kier molecular flexibility index (Phi) is 4.20. The average molecular weight is 189 g/mol. The van der Waals surface area contributed by atoms with Gasteiger partial charge in [-0.25, -0.2) is 0 Å². The van der Waals surface area contributed by atoms with Gasteiger partial charge in [0.2, 0.25) is 0 Å². The fraction of sp³-hybridized carbons (Fsp3) is 0.857. The van der Waals surface area contributed by atoms with Crippen LogP contribution in [0.15, 0.2) is 4.99 Å². The number of aliphatic hydroxyl groups excluding tert-OH is 1. The van der Waals surface area contributed by atoms with Crippen molar-refractivity contribution in [1.29, 1.82) is 0 Å². The molecule has 1 unspecified atom stereocenters. The highest BCUT2D eigenvalue weighted by Gasteiger charge is 2.26. The van der Waals surface area contributed by atoms with E-state index in [-0.39, 0.29) is 5.73 Å². The third-order valence-corrected chi connectivity index (χ3v) is 5.12. The molecule has 0 bridgehead atoms. The van der Waals surface area contributed by atoms with Crippen LogP contribution < -0.4 is 0 Å². The first-order chi connectivity index (χ1) is 4.89. The van der Waals surface area contributed by atoms with Crippen LogP contribution in [0.2, 0.25) is 19.6 Å². The molecule has 0 aliphatic heterocycles. The molecule has 0 aliphatic rings. The first-order valence-corrected chi connectivity index (χ1v) is 8.66. The fourth-order valence-electron chi connectivity index (χ4n) is 0.963. The lowest BCUT2D eigenvalue weighted by atomic mass is 10.7. The third-order valence-electron chi connectivity index (χ3n) is 1.62. The van der Waals surface area contributed by atoms with Gasteiger partial charge in [0, 0.05) is 11.9 Å². The number of hydrogen-bond donors (Lipinski definition) is 1. The van der Waals surface area contributed by atoms with Crippen LogP contribution in [0.4, 0.5) is 0 Å². The molecule has 0 aromatic rings. The Morgan fingerprint density at radius 1 is 1.55 bits per heavy atom. The van der Waals surface area contributed by atoms with Crippen LogP contribution >= 0.6 is 0 Å². The Hall–Kier alpha value is 0.0638. The molecule has 0 fully saturated rings. The quantitative estimate of drug-likeness (QED) is 0.492. The van der Waals surface area contributed by atoms with Crippen molar-refractivity contribution in [3.63, 3.8) is 0 Å². The molecule has 0 aromatic carbocycles. The molecule has 11 heavy (non-hydrogen) atoms. The largest absolute Gasteiger partial charge is 0.391 e. The lowest BCUT2D eigenvalue weighted by Gasteiger charge is -2.23. The summed E-state index contributed by atoms with van der Waals surface area (Å²) in [7, 11) is -0.503. The summed E-state index contributed by atoms with van der Waals surface area (Å²) in [4.78, 5) is 4.25. The molecule has 0 spiro atoms. The molecule has 0 aliphatic carbocycles. The van der Waals surface area contributed by atoms with Crippen LogP contribution in [0.3, 0.4) is 0 Å². The zero-order chi connectivity index (χ0) is 9.07. The van der Waals surface area contributed by atoms with Gasteiger partial charge in [-0.05, 0) is 6.92 Å². The zero-order valence-electron chi connectivity index (χ0n) is 8.18. The van der Waals surface area contributed by atoms with Crippen LogP contribution in [0.25, 0.3) is 0 Å². The van der Waals surface area contributed by atoms with Crippen molar-refractivity contribution >= 4 is 23.7 Å². The van der Waals surface area contributed by atoms with Crippen LogP contribution in [-0.4, -0.2) is 41.0 Å². The van der Waals surface area contributed by atoms with Crippen molar-refractivity contribution in [1.82, 2.24) is 0 Å². The maximum Gasteiger partial charge on any atom is 0.0848 e. The Morgan fingerprint density at radius 2 is 2.00 bits per heavy atom. The smallest absolute Gasteiger partial charge is 0.0848 e. The van der Waals surface area contributed by atoms with E-state index in [1.165, 1.54) is 0 Å². The standard InChI is InChI=1S/C7H19NOSi2/c1-5-8-6(10)7(9)11(2,3)4/h7,9H,5H2,1-4,10H3.